The van der Waals surface area contributed by atoms with Crippen molar-refractivity contribution in [1.82, 2.24) is 40.0 Å². The number of aromatic nitrogens is 2. The van der Waals surface area contributed by atoms with Gasteiger partial charge in [0.25, 0.3) is 17.4 Å². The number of piperazine rings is 1. The van der Waals surface area contributed by atoms with Gasteiger partial charge in [0.1, 0.15) is 17.7 Å². The van der Waals surface area contributed by atoms with Gasteiger partial charge in [0.15, 0.2) is 0 Å². The van der Waals surface area contributed by atoms with Crippen LogP contribution in [0.2, 0.25) is 0 Å². The molecule has 14 nitrogen and oxygen atoms in total. The van der Waals surface area contributed by atoms with Crippen LogP contribution in [-0.2, 0) is 20.8 Å². The average molecular weight is 973 g/mol. The SMILES string of the molecule is O=C(N[C@@H](C(=O)N1CCC[C@@]2(CCCN(CC(=O)N3CCN(C(=O)c4cc(Cc5n[nH]c(=O)c6ccccc56)ccc4F)CC3)C2)C1)C1CCCCC1)c1cccc(C2CCN(C(=O)C3CC3)CC2)c1F. The minimum Gasteiger partial charge on any atom is -0.342 e. The number of carbonyl (C=O) groups excluding carboxylic acids is 5. The van der Waals surface area contributed by atoms with E-state index in [0.29, 0.717) is 86.2 Å². The van der Waals surface area contributed by atoms with Gasteiger partial charge >= 0.3 is 0 Å². The maximum Gasteiger partial charge on any atom is 0.272 e. The molecule has 5 amide bonds. The largest absolute Gasteiger partial charge is 0.342 e. The molecule has 6 fully saturated rings. The van der Waals surface area contributed by atoms with E-state index in [-0.39, 0.29) is 83.6 Å². The van der Waals surface area contributed by atoms with E-state index in [4.69, 9.17) is 0 Å². The molecule has 1 spiro atoms. The van der Waals surface area contributed by atoms with E-state index in [0.717, 1.165) is 77.2 Å². The van der Waals surface area contributed by atoms with E-state index in [2.05, 4.69) is 20.4 Å². The minimum absolute atomic E-state index is 0.0304. The highest BCUT2D eigenvalue weighted by molar-refractivity contribution is 5.98. The first-order valence-corrected chi connectivity index (χ1v) is 26.1. The highest BCUT2D eigenvalue weighted by Gasteiger charge is 2.44. The van der Waals surface area contributed by atoms with Crippen LogP contribution < -0.4 is 10.9 Å². The van der Waals surface area contributed by atoms with Gasteiger partial charge in [-0.15, -0.1) is 0 Å². The fourth-order valence-electron chi connectivity index (χ4n) is 12.4. The zero-order chi connectivity index (χ0) is 49.2. The number of nitrogens with one attached hydrogen (secondary N) is 2. The number of halogens is 2. The summed E-state index contributed by atoms with van der Waals surface area (Å²) >= 11 is 0. The van der Waals surface area contributed by atoms with Crippen LogP contribution in [0.25, 0.3) is 10.8 Å². The van der Waals surface area contributed by atoms with Crippen LogP contribution in [0.5, 0.6) is 0 Å². The van der Waals surface area contributed by atoms with Gasteiger partial charge in [-0.1, -0.05) is 55.7 Å². The molecule has 6 aliphatic rings. The Morgan fingerprint density at radius 3 is 2.17 bits per heavy atom. The van der Waals surface area contributed by atoms with Crippen molar-refractivity contribution in [2.45, 2.75) is 102 Å². The van der Waals surface area contributed by atoms with Gasteiger partial charge in [-0.05, 0) is 118 Å². The number of nitrogens with zero attached hydrogens (tertiary/aromatic N) is 6. The van der Waals surface area contributed by atoms with Gasteiger partial charge in [0.05, 0.1) is 28.8 Å². The number of benzene rings is 3. The number of rotatable bonds is 11. The van der Waals surface area contributed by atoms with E-state index in [9.17, 15) is 28.8 Å². The molecule has 0 unspecified atom stereocenters. The molecule has 10 rings (SSSR count). The molecular weight excluding hydrogens is 907 g/mol. The molecular formula is C55H66F2N8O6. The first kappa shape index (κ1) is 48.6. The molecule has 5 heterocycles. The maximum absolute atomic E-state index is 16.4. The Morgan fingerprint density at radius 2 is 1.42 bits per heavy atom. The molecule has 2 atom stereocenters. The van der Waals surface area contributed by atoms with E-state index < -0.39 is 29.5 Å². The zero-order valence-electron chi connectivity index (χ0n) is 40.6. The summed E-state index contributed by atoms with van der Waals surface area (Å²) in [5.41, 5.74) is 1.18. The number of piperidine rings is 3. The van der Waals surface area contributed by atoms with Crippen molar-refractivity contribution in [3.8, 4) is 0 Å². The van der Waals surface area contributed by atoms with Crippen molar-refractivity contribution in [3.05, 3.63) is 111 Å². The van der Waals surface area contributed by atoms with Crippen molar-refractivity contribution in [2.24, 2.45) is 17.3 Å². The van der Waals surface area contributed by atoms with Crippen molar-refractivity contribution >= 4 is 40.3 Å². The number of likely N-dealkylation sites (tertiary alicyclic amines) is 3. The molecule has 3 aromatic carbocycles. The third-order valence-corrected chi connectivity index (χ3v) is 16.5. The molecule has 4 aromatic rings. The highest BCUT2D eigenvalue weighted by atomic mass is 19.1. The smallest absolute Gasteiger partial charge is 0.272 e. The van der Waals surface area contributed by atoms with Crippen LogP contribution in [0, 0.1) is 28.9 Å². The van der Waals surface area contributed by atoms with E-state index >= 15 is 8.78 Å². The van der Waals surface area contributed by atoms with Gasteiger partial charge in [0.2, 0.25) is 17.7 Å². The van der Waals surface area contributed by atoms with Gasteiger partial charge in [0, 0.05) is 82.0 Å². The quantitative estimate of drug-likeness (QED) is 0.178. The molecule has 0 radical (unpaired) electrons. The molecule has 71 heavy (non-hydrogen) atoms. The molecule has 4 aliphatic heterocycles. The summed E-state index contributed by atoms with van der Waals surface area (Å²) in [6, 6.07) is 15.8. The van der Waals surface area contributed by atoms with Crippen LogP contribution in [-0.4, -0.2) is 142 Å². The van der Waals surface area contributed by atoms with Gasteiger partial charge in [-0.2, -0.15) is 5.10 Å². The Bertz CT molecular complexity index is 2720. The van der Waals surface area contributed by atoms with Crippen LogP contribution >= 0.6 is 0 Å². The second-order valence-electron chi connectivity index (χ2n) is 21.3. The number of H-pyrrole nitrogens is 1. The van der Waals surface area contributed by atoms with Gasteiger partial charge in [-0.25, -0.2) is 13.9 Å². The standard InChI is InChI=1S/C55H66F2N8O6/c56-45-18-15-36(32-46-41-11-4-5-12-42(41)51(68)60-59-46)31-44(45)53(70)64-29-27-62(28-30-64)47(66)33-61-23-7-21-55(34-61)22-8-24-65(35-55)54(71)49(38-9-2-1-3-10-38)58-50(67)43-14-6-13-40(48(43)57)37-19-25-63(26-20-37)52(69)39-16-17-39/h4-6,11-15,18,31,37-39,49H,1-3,7-10,16-17,19-30,32-35H2,(H,58,67)(H,60,68)/t49-,55-/m1/s1. The van der Waals surface area contributed by atoms with Crippen molar-refractivity contribution in [2.75, 3.05) is 72.0 Å². The summed E-state index contributed by atoms with van der Waals surface area (Å²) in [5, 5.41) is 11.0. The lowest BCUT2D eigenvalue weighted by atomic mass is 9.73. The van der Waals surface area contributed by atoms with E-state index in [1.165, 1.54) is 12.1 Å². The first-order valence-electron chi connectivity index (χ1n) is 26.1. The topological polar surface area (TPSA) is 159 Å². The Kier molecular flexibility index (Phi) is 14.4. The first-order chi connectivity index (χ1) is 34.4. The summed E-state index contributed by atoms with van der Waals surface area (Å²) < 4.78 is 31.6. The number of aromatic amines is 1. The van der Waals surface area contributed by atoms with Gasteiger partial charge in [-0.3, -0.25) is 33.7 Å². The fourth-order valence-corrected chi connectivity index (χ4v) is 12.4. The molecule has 1 aromatic heterocycles. The molecule has 2 saturated carbocycles. The number of hydrogen-bond donors (Lipinski definition) is 2. The second-order valence-corrected chi connectivity index (χ2v) is 21.3. The summed E-state index contributed by atoms with van der Waals surface area (Å²) in [5.74, 6) is -2.11. The third kappa shape index (κ3) is 10.6. The monoisotopic (exact) mass is 973 g/mol. The molecule has 2 aliphatic carbocycles. The van der Waals surface area contributed by atoms with Crippen LogP contribution in [0.4, 0.5) is 8.78 Å². The van der Waals surface area contributed by atoms with Crippen molar-refractivity contribution in [3.63, 3.8) is 0 Å². The molecule has 4 saturated heterocycles. The second kappa shape index (κ2) is 21.0. The fraction of sp³-hybridized carbons (Fsp3) is 0.545. The third-order valence-electron chi connectivity index (χ3n) is 16.5. The number of carbonyl (C=O) groups is 5. The Balaban J connectivity index is 0.742. The Hall–Kier alpha value is -6.03. The maximum atomic E-state index is 16.4. The molecule has 16 heteroatoms. The number of fused-ring (bicyclic) bond motifs is 1. The zero-order valence-corrected chi connectivity index (χ0v) is 40.6. The Labute approximate surface area is 413 Å². The van der Waals surface area contributed by atoms with Crippen LogP contribution in [0.1, 0.15) is 127 Å². The summed E-state index contributed by atoms with van der Waals surface area (Å²) in [6.45, 7) is 5.08. The predicted molar refractivity (Wildman–Crippen MR) is 263 cm³/mol. The normalized spacial score (nSPS) is 22.2. The predicted octanol–water partition coefficient (Wildman–Crippen LogP) is 6.28. The van der Waals surface area contributed by atoms with Crippen LogP contribution in [0.3, 0.4) is 0 Å². The lowest BCUT2D eigenvalue weighted by molar-refractivity contribution is -0.141. The Morgan fingerprint density at radius 1 is 0.704 bits per heavy atom. The summed E-state index contributed by atoms with van der Waals surface area (Å²) in [6.07, 6.45) is 11.7. The minimum atomic E-state index is -0.773. The average Bonchev–Trinajstić information content (AvgIpc) is 4.25. The number of amides is 5. The lowest BCUT2D eigenvalue weighted by Gasteiger charge is -2.49. The van der Waals surface area contributed by atoms with Gasteiger partial charge < -0.3 is 24.9 Å². The van der Waals surface area contributed by atoms with Crippen molar-refractivity contribution in [1.29, 1.82) is 0 Å². The lowest BCUT2D eigenvalue weighted by Crippen LogP contribution is -2.59. The number of hydrogen-bond acceptors (Lipinski definition) is 8. The molecule has 376 valence electrons. The van der Waals surface area contributed by atoms with Crippen LogP contribution in [0.15, 0.2) is 65.5 Å². The highest BCUT2D eigenvalue weighted by Crippen LogP contribution is 2.40. The van der Waals surface area contributed by atoms with E-state index in [1.807, 2.05) is 21.9 Å². The summed E-state index contributed by atoms with van der Waals surface area (Å²) in [7, 11) is 0. The van der Waals surface area contributed by atoms with Crippen molar-refractivity contribution < 1.29 is 32.8 Å². The van der Waals surface area contributed by atoms with E-state index in [1.54, 1.807) is 46.2 Å². The molecule has 2 N–H and O–H groups in total. The summed E-state index contributed by atoms with van der Waals surface area (Å²) in [4.78, 5) is 90.9. The molecule has 0 bridgehead atoms.